The largest absolute Gasteiger partial charge is 0.354 e. The maximum atomic E-state index is 4.72. The summed E-state index contributed by atoms with van der Waals surface area (Å²) in [6.45, 7) is 9.68. The summed E-state index contributed by atoms with van der Waals surface area (Å²) in [7, 11) is 1.84. The van der Waals surface area contributed by atoms with E-state index in [9.17, 15) is 0 Å². The van der Waals surface area contributed by atoms with Gasteiger partial charge in [0.2, 0.25) is 0 Å². The molecule has 2 N–H and O–H groups in total. The van der Waals surface area contributed by atoms with Crippen molar-refractivity contribution in [3.8, 4) is 0 Å². The highest BCUT2D eigenvalue weighted by Crippen LogP contribution is 2.25. The zero-order chi connectivity index (χ0) is 16.2. The Morgan fingerprint density at radius 2 is 1.96 bits per heavy atom. The molecule has 1 aliphatic carbocycles. The lowest BCUT2D eigenvalue weighted by molar-refractivity contribution is 0.329. The van der Waals surface area contributed by atoms with Crippen LogP contribution in [-0.2, 0) is 12.0 Å². The highest BCUT2D eigenvalue weighted by Gasteiger charge is 2.20. The maximum Gasteiger partial charge on any atom is 0.191 e. The number of aromatic nitrogens is 1. The van der Waals surface area contributed by atoms with Gasteiger partial charge in [0.1, 0.15) is 0 Å². The molecular weight excluding hydrogens is 419 g/mol. The molecule has 0 bridgehead atoms. The minimum atomic E-state index is 0. The summed E-state index contributed by atoms with van der Waals surface area (Å²) in [5.41, 5.74) is 1.22. The molecule has 4 nitrogen and oxygen atoms in total. The van der Waals surface area contributed by atoms with Crippen LogP contribution in [0.15, 0.2) is 10.4 Å². The number of aliphatic imine (C=N–C) groups is 1. The minimum Gasteiger partial charge on any atom is -0.354 e. The van der Waals surface area contributed by atoms with E-state index < -0.39 is 0 Å². The van der Waals surface area contributed by atoms with E-state index in [0.717, 1.165) is 24.1 Å². The molecule has 2 rings (SSSR count). The van der Waals surface area contributed by atoms with Crippen LogP contribution < -0.4 is 10.6 Å². The number of hydrogen-bond acceptors (Lipinski definition) is 3. The van der Waals surface area contributed by atoms with Gasteiger partial charge in [-0.25, -0.2) is 4.98 Å². The third kappa shape index (κ3) is 6.57. The summed E-state index contributed by atoms with van der Waals surface area (Å²) < 4.78 is 0. The molecule has 0 spiro atoms. The van der Waals surface area contributed by atoms with Crippen LogP contribution in [0.3, 0.4) is 0 Å². The molecule has 132 valence electrons. The highest BCUT2D eigenvalue weighted by molar-refractivity contribution is 14.0. The molecular formula is C17H31IN4S. The van der Waals surface area contributed by atoms with Crippen molar-refractivity contribution in [1.82, 2.24) is 15.6 Å². The predicted molar refractivity (Wildman–Crippen MR) is 111 cm³/mol. The molecule has 0 atom stereocenters. The number of hydrogen-bond donors (Lipinski definition) is 2. The van der Waals surface area contributed by atoms with E-state index in [1.54, 1.807) is 11.3 Å². The Morgan fingerprint density at radius 1 is 1.30 bits per heavy atom. The van der Waals surface area contributed by atoms with Crippen molar-refractivity contribution in [3.05, 3.63) is 16.1 Å². The molecule has 1 saturated carbocycles. The van der Waals surface area contributed by atoms with Gasteiger partial charge in [0, 0.05) is 23.9 Å². The summed E-state index contributed by atoms with van der Waals surface area (Å²) >= 11 is 1.74. The lowest BCUT2D eigenvalue weighted by Crippen LogP contribution is -2.44. The molecule has 1 aromatic rings. The van der Waals surface area contributed by atoms with E-state index in [2.05, 4.69) is 48.7 Å². The fourth-order valence-electron chi connectivity index (χ4n) is 2.70. The van der Waals surface area contributed by atoms with Crippen molar-refractivity contribution in [1.29, 1.82) is 0 Å². The lowest BCUT2D eigenvalue weighted by atomic mass is 9.87. The maximum absolute atomic E-state index is 4.72. The van der Waals surface area contributed by atoms with E-state index >= 15 is 0 Å². The molecule has 1 aliphatic rings. The minimum absolute atomic E-state index is 0. The molecule has 0 unspecified atom stereocenters. The Labute approximate surface area is 162 Å². The van der Waals surface area contributed by atoms with Crippen LogP contribution in [0.25, 0.3) is 0 Å². The van der Waals surface area contributed by atoms with Gasteiger partial charge >= 0.3 is 0 Å². The molecule has 0 radical (unpaired) electrons. The standard InChI is InChI=1S/C17H30N4S.HI/c1-12-6-8-13(9-7-12)21-16(18-5)19-10-14-11-22-15(20-14)17(2,3)4;/h11-13H,6-10H2,1-5H3,(H2,18,19,21);1H. The Morgan fingerprint density at radius 3 is 2.48 bits per heavy atom. The zero-order valence-corrected chi connectivity index (χ0v) is 18.1. The second-order valence-corrected chi connectivity index (χ2v) is 8.28. The first-order chi connectivity index (χ1) is 10.4. The predicted octanol–water partition coefficient (Wildman–Crippen LogP) is 4.30. The first kappa shape index (κ1) is 20.7. The van der Waals surface area contributed by atoms with Gasteiger partial charge < -0.3 is 10.6 Å². The van der Waals surface area contributed by atoms with E-state index in [4.69, 9.17) is 4.98 Å². The average molecular weight is 450 g/mol. The second-order valence-electron chi connectivity index (χ2n) is 7.42. The number of guanidine groups is 1. The fourth-order valence-corrected chi connectivity index (χ4v) is 3.61. The molecule has 0 aliphatic heterocycles. The number of nitrogens with zero attached hydrogens (tertiary/aromatic N) is 2. The molecule has 1 fully saturated rings. The van der Waals surface area contributed by atoms with Gasteiger partial charge in [-0.15, -0.1) is 35.3 Å². The summed E-state index contributed by atoms with van der Waals surface area (Å²) in [5, 5.41) is 10.3. The van der Waals surface area contributed by atoms with Gasteiger partial charge in [-0.2, -0.15) is 0 Å². The number of halogens is 1. The van der Waals surface area contributed by atoms with Crippen molar-refractivity contribution in [2.45, 2.75) is 71.4 Å². The smallest absolute Gasteiger partial charge is 0.191 e. The summed E-state index contributed by atoms with van der Waals surface area (Å²) in [6, 6.07) is 0.558. The first-order valence-corrected chi connectivity index (χ1v) is 9.18. The quantitative estimate of drug-likeness (QED) is 0.410. The van der Waals surface area contributed by atoms with Crippen molar-refractivity contribution in [3.63, 3.8) is 0 Å². The Bertz CT molecular complexity index is 499. The Balaban J connectivity index is 0.00000264. The van der Waals surface area contributed by atoms with E-state index in [1.165, 1.54) is 30.7 Å². The van der Waals surface area contributed by atoms with Crippen LogP contribution in [0, 0.1) is 5.92 Å². The van der Waals surface area contributed by atoms with Gasteiger partial charge in [-0.05, 0) is 31.6 Å². The van der Waals surface area contributed by atoms with Gasteiger partial charge in [-0.1, -0.05) is 27.7 Å². The normalized spacial score (nSPS) is 22.4. The average Bonchev–Trinajstić information content (AvgIpc) is 2.94. The van der Waals surface area contributed by atoms with Crippen molar-refractivity contribution < 1.29 is 0 Å². The number of rotatable bonds is 3. The summed E-state index contributed by atoms with van der Waals surface area (Å²) in [5.74, 6) is 1.77. The molecule has 1 aromatic heterocycles. The van der Waals surface area contributed by atoms with E-state index in [-0.39, 0.29) is 29.4 Å². The van der Waals surface area contributed by atoms with Crippen LogP contribution in [0.4, 0.5) is 0 Å². The SMILES string of the molecule is CN=C(NCc1csc(C(C)(C)C)n1)NC1CCC(C)CC1.I. The third-order valence-corrected chi connectivity index (χ3v) is 5.53. The third-order valence-electron chi connectivity index (χ3n) is 4.21. The monoisotopic (exact) mass is 450 g/mol. The zero-order valence-electron chi connectivity index (χ0n) is 15.0. The Kier molecular flexibility index (Phi) is 8.27. The van der Waals surface area contributed by atoms with Crippen molar-refractivity contribution in [2.75, 3.05) is 7.05 Å². The van der Waals surface area contributed by atoms with E-state index in [1.807, 2.05) is 7.05 Å². The molecule has 0 aromatic carbocycles. The van der Waals surface area contributed by atoms with Crippen LogP contribution in [0.2, 0.25) is 0 Å². The molecule has 23 heavy (non-hydrogen) atoms. The van der Waals surface area contributed by atoms with Crippen LogP contribution in [0.1, 0.15) is 64.1 Å². The Hall–Kier alpha value is -0.370. The van der Waals surface area contributed by atoms with Gasteiger partial charge in [0.15, 0.2) is 5.96 Å². The van der Waals surface area contributed by atoms with Crippen LogP contribution in [0.5, 0.6) is 0 Å². The van der Waals surface area contributed by atoms with Gasteiger partial charge in [-0.3, -0.25) is 4.99 Å². The van der Waals surface area contributed by atoms with Crippen LogP contribution >= 0.6 is 35.3 Å². The van der Waals surface area contributed by atoms with Crippen molar-refractivity contribution >= 4 is 41.3 Å². The first-order valence-electron chi connectivity index (χ1n) is 8.30. The fraction of sp³-hybridized carbons (Fsp3) is 0.765. The van der Waals surface area contributed by atoms with Crippen molar-refractivity contribution in [2.24, 2.45) is 10.9 Å². The summed E-state index contributed by atoms with van der Waals surface area (Å²) in [4.78, 5) is 9.06. The summed E-state index contributed by atoms with van der Waals surface area (Å²) in [6.07, 6.45) is 5.12. The number of nitrogens with one attached hydrogen (secondary N) is 2. The second kappa shape index (κ2) is 9.20. The van der Waals surface area contributed by atoms with Crippen LogP contribution in [-0.4, -0.2) is 24.0 Å². The van der Waals surface area contributed by atoms with Gasteiger partial charge in [0.25, 0.3) is 0 Å². The van der Waals surface area contributed by atoms with E-state index in [0.29, 0.717) is 6.04 Å². The highest BCUT2D eigenvalue weighted by atomic mass is 127. The molecule has 0 amide bonds. The lowest BCUT2D eigenvalue weighted by Gasteiger charge is -2.28. The molecule has 6 heteroatoms. The number of thiazole rings is 1. The topological polar surface area (TPSA) is 49.3 Å². The molecule has 1 heterocycles. The van der Waals surface area contributed by atoms with Gasteiger partial charge in [0.05, 0.1) is 17.2 Å². The molecule has 0 saturated heterocycles.